The molecule has 1 N–H and O–H groups in total. The third kappa shape index (κ3) is 4.89. The largest absolute Gasteiger partial charge is 0.351 e. The van der Waals surface area contributed by atoms with Gasteiger partial charge in [-0.1, -0.05) is 23.9 Å². The van der Waals surface area contributed by atoms with Crippen LogP contribution >= 0.6 is 11.8 Å². The Morgan fingerprint density at radius 1 is 1.41 bits per heavy atom. The molecule has 0 saturated carbocycles. The van der Waals surface area contributed by atoms with Crippen LogP contribution in [0.2, 0.25) is 0 Å². The molecule has 0 aliphatic rings. The van der Waals surface area contributed by atoms with Crippen molar-refractivity contribution in [2.75, 3.05) is 27.2 Å². The van der Waals surface area contributed by atoms with Crippen LogP contribution in [0.5, 0.6) is 0 Å². The highest BCUT2D eigenvalue weighted by Crippen LogP contribution is 2.20. The Kier molecular flexibility index (Phi) is 6.03. The van der Waals surface area contributed by atoms with Crippen molar-refractivity contribution >= 4 is 17.7 Å². The predicted molar refractivity (Wildman–Crippen MR) is 90.1 cm³/mol. The summed E-state index contributed by atoms with van der Waals surface area (Å²) in [4.78, 5) is 18.4. The maximum absolute atomic E-state index is 12.1. The van der Waals surface area contributed by atoms with Crippen molar-refractivity contribution in [3.8, 4) is 0 Å². The molecular weight excluding hydrogens is 296 g/mol. The second kappa shape index (κ2) is 8.00. The van der Waals surface area contributed by atoms with Gasteiger partial charge in [0.2, 0.25) is 0 Å². The van der Waals surface area contributed by atoms with Crippen LogP contribution < -0.4 is 5.32 Å². The fourth-order valence-electron chi connectivity index (χ4n) is 1.94. The van der Waals surface area contributed by atoms with Gasteiger partial charge in [-0.3, -0.25) is 4.79 Å². The molecule has 1 aromatic carbocycles. The van der Waals surface area contributed by atoms with Crippen LogP contribution in [0.15, 0.2) is 41.8 Å². The van der Waals surface area contributed by atoms with Crippen LogP contribution in [0.4, 0.5) is 0 Å². The van der Waals surface area contributed by atoms with Gasteiger partial charge < -0.3 is 14.8 Å². The molecule has 0 bridgehead atoms. The normalized spacial score (nSPS) is 10.9. The first-order valence-corrected chi connectivity index (χ1v) is 8.17. The van der Waals surface area contributed by atoms with Crippen molar-refractivity contribution in [3.63, 3.8) is 0 Å². The fourth-order valence-corrected chi connectivity index (χ4v) is 2.81. The number of benzene rings is 1. The molecule has 0 atom stereocenters. The smallest absolute Gasteiger partial charge is 0.251 e. The summed E-state index contributed by atoms with van der Waals surface area (Å²) in [7, 11) is 5.95. The molecule has 2 aromatic rings. The average Bonchev–Trinajstić information content (AvgIpc) is 2.90. The molecule has 0 saturated heterocycles. The first kappa shape index (κ1) is 16.6. The SMILES string of the molecule is CN(C)CCNC(=O)c1cccc(CSc2nccn2C)c1. The van der Waals surface area contributed by atoms with Crippen molar-refractivity contribution in [3.05, 3.63) is 47.8 Å². The zero-order valence-corrected chi connectivity index (χ0v) is 14.1. The number of carbonyl (C=O) groups is 1. The van der Waals surface area contributed by atoms with Crippen molar-refractivity contribution in [1.29, 1.82) is 0 Å². The number of hydrogen-bond acceptors (Lipinski definition) is 4. The number of imidazole rings is 1. The van der Waals surface area contributed by atoms with E-state index in [-0.39, 0.29) is 5.91 Å². The zero-order chi connectivity index (χ0) is 15.9. The Balaban J connectivity index is 1.91. The Hall–Kier alpha value is -1.79. The van der Waals surface area contributed by atoms with Crippen molar-refractivity contribution in [1.82, 2.24) is 19.8 Å². The molecule has 118 valence electrons. The van der Waals surface area contributed by atoms with Crippen LogP contribution in [0, 0.1) is 0 Å². The first-order chi connectivity index (χ1) is 10.6. The molecule has 0 unspecified atom stereocenters. The van der Waals surface area contributed by atoms with E-state index in [9.17, 15) is 4.79 Å². The monoisotopic (exact) mass is 318 g/mol. The summed E-state index contributed by atoms with van der Waals surface area (Å²) >= 11 is 1.66. The number of rotatable bonds is 7. The molecule has 0 spiro atoms. The number of aryl methyl sites for hydroxylation is 1. The summed E-state index contributed by atoms with van der Waals surface area (Å²) < 4.78 is 1.99. The lowest BCUT2D eigenvalue weighted by Gasteiger charge is -2.11. The molecule has 6 heteroatoms. The lowest BCUT2D eigenvalue weighted by molar-refractivity contribution is 0.0951. The minimum Gasteiger partial charge on any atom is -0.351 e. The number of thioether (sulfide) groups is 1. The lowest BCUT2D eigenvalue weighted by atomic mass is 10.1. The summed E-state index contributed by atoms with van der Waals surface area (Å²) in [5.74, 6) is 0.773. The topological polar surface area (TPSA) is 50.2 Å². The summed E-state index contributed by atoms with van der Waals surface area (Å²) in [6.07, 6.45) is 3.72. The van der Waals surface area contributed by atoms with E-state index < -0.39 is 0 Å². The molecule has 1 heterocycles. The zero-order valence-electron chi connectivity index (χ0n) is 13.2. The second-order valence-corrected chi connectivity index (χ2v) is 6.31. The molecule has 1 aromatic heterocycles. The van der Waals surface area contributed by atoms with Crippen LogP contribution in [0.25, 0.3) is 0 Å². The molecule has 5 nitrogen and oxygen atoms in total. The second-order valence-electron chi connectivity index (χ2n) is 5.37. The van der Waals surface area contributed by atoms with Gasteiger partial charge in [-0.15, -0.1) is 0 Å². The highest BCUT2D eigenvalue weighted by molar-refractivity contribution is 7.98. The van der Waals surface area contributed by atoms with Gasteiger partial charge in [-0.25, -0.2) is 4.98 Å². The summed E-state index contributed by atoms with van der Waals surface area (Å²) in [6, 6.07) is 7.75. The van der Waals surface area contributed by atoms with Crippen molar-refractivity contribution in [2.45, 2.75) is 10.9 Å². The first-order valence-electron chi connectivity index (χ1n) is 7.18. The number of nitrogens with zero attached hydrogens (tertiary/aromatic N) is 3. The number of nitrogens with one attached hydrogen (secondary N) is 1. The van der Waals surface area contributed by atoms with E-state index in [1.54, 1.807) is 18.0 Å². The molecule has 0 fully saturated rings. The number of hydrogen-bond donors (Lipinski definition) is 1. The highest BCUT2D eigenvalue weighted by Gasteiger charge is 2.07. The molecule has 1 amide bonds. The molecule has 0 aliphatic carbocycles. The third-order valence-corrected chi connectivity index (χ3v) is 4.31. The number of amides is 1. The van der Waals surface area contributed by atoms with Gasteiger partial charge >= 0.3 is 0 Å². The maximum Gasteiger partial charge on any atom is 0.251 e. The lowest BCUT2D eigenvalue weighted by Crippen LogP contribution is -2.31. The molecular formula is C16H22N4OS. The van der Waals surface area contributed by atoms with Gasteiger partial charge in [0.25, 0.3) is 5.91 Å². The standard InChI is InChI=1S/C16H22N4OS/c1-19(2)9-7-17-15(21)14-6-4-5-13(11-14)12-22-16-18-8-10-20(16)3/h4-6,8,10-11H,7,9,12H2,1-3H3,(H,17,21). The molecule has 2 rings (SSSR count). The summed E-state index contributed by atoms with van der Waals surface area (Å²) in [6.45, 7) is 1.48. The Morgan fingerprint density at radius 3 is 2.91 bits per heavy atom. The van der Waals surface area contributed by atoms with E-state index in [4.69, 9.17) is 0 Å². The average molecular weight is 318 g/mol. The van der Waals surface area contributed by atoms with Gasteiger partial charge in [-0.05, 0) is 31.8 Å². The minimum atomic E-state index is -0.0225. The summed E-state index contributed by atoms with van der Waals surface area (Å²) in [5.41, 5.74) is 1.82. The van der Waals surface area contributed by atoms with Gasteiger partial charge in [0.1, 0.15) is 0 Å². The third-order valence-electron chi connectivity index (χ3n) is 3.18. The number of aromatic nitrogens is 2. The Bertz CT molecular complexity index is 624. The van der Waals surface area contributed by atoms with E-state index >= 15 is 0 Å². The van der Waals surface area contributed by atoms with Gasteiger partial charge in [0.05, 0.1) is 0 Å². The maximum atomic E-state index is 12.1. The quantitative estimate of drug-likeness (QED) is 0.794. The minimum absolute atomic E-state index is 0.0225. The van der Waals surface area contributed by atoms with Gasteiger partial charge in [0, 0.05) is 43.8 Å². The van der Waals surface area contributed by atoms with E-state index in [0.29, 0.717) is 12.1 Å². The van der Waals surface area contributed by atoms with Crippen LogP contribution in [-0.4, -0.2) is 47.5 Å². The molecule has 0 aliphatic heterocycles. The number of likely N-dealkylation sites (N-methyl/N-ethyl adjacent to an activating group) is 1. The van der Waals surface area contributed by atoms with Gasteiger partial charge in [0.15, 0.2) is 5.16 Å². The molecule has 22 heavy (non-hydrogen) atoms. The van der Waals surface area contributed by atoms with Gasteiger partial charge in [-0.2, -0.15) is 0 Å². The van der Waals surface area contributed by atoms with E-state index in [1.807, 2.05) is 61.1 Å². The Morgan fingerprint density at radius 2 is 2.23 bits per heavy atom. The Labute approximate surface area is 135 Å². The fraction of sp³-hybridized carbons (Fsp3) is 0.375. The van der Waals surface area contributed by atoms with Crippen LogP contribution in [0.1, 0.15) is 15.9 Å². The van der Waals surface area contributed by atoms with Crippen molar-refractivity contribution < 1.29 is 4.79 Å². The van der Waals surface area contributed by atoms with E-state index in [0.717, 1.165) is 23.0 Å². The molecule has 0 radical (unpaired) electrons. The summed E-state index contributed by atoms with van der Waals surface area (Å²) in [5, 5.41) is 3.91. The van der Waals surface area contributed by atoms with Crippen molar-refractivity contribution in [2.24, 2.45) is 7.05 Å². The highest BCUT2D eigenvalue weighted by atomic mass is 32.2. The van der Waals surface area contributed by atoms with E-state index in [2.05, 4.69) is 10.3 Å². The predicted octanol–water partition coefficient (Wildman–Crippen LogP) is 2.00. The number of carbonyl (C=O) groups excluding carboxylic acids is 1. The van der Waals surface area contributed by atoms with E-state index in [1.165, 1.54) is 0 Å². The van der Waals surface area contributed by atoms with Crippen LogP contribution in [0.3, 0.4) is 0 Å². The van der Waals surface area contributed by atoms with Crippen LogP contribution in [-0.2, 0) is 12.8 Å².